The molecule has 1 amide bonds. The highest BCUT2D eigenvalue weighted by Gasteiger charge is 2.09. The smallest absolute Gasteiger partial charge is 0.245 e. The number of rotatable bonds is 6. The molecule has 0 aliphatic heterocycles. The van der Waals surface area contributed by atoms with Crippen molar-refractivity contribution in [1.29, 1.82) is 0 Å². The van der Waals surface area contributed by atoms with Gasteiger partial charge in [0, 0.05) is 12.1 Å². The number of anilines is 2. The predicted octanol–water partition coefficient (Wildman–Crippen LogP) is 2.79. The van der Waals surface area contributed by atoms with Crippen LogP contribution in [0.1, 0.15) is 18.9 Å². The number of amides is 1. The molecule has 0 atom stereocenters. The summed E-state index contributed by atoms with van der Waals surface area (Å²) in [5, 5.41) is 15.3. The largest absolute Gasteiger partial charge is 0.376 e. The lowest BCUT2D eigenvalue weighted by Gasteiger charge is -2.05. The van der Waals surface area contributed by atoms with Crippen molar-refractivity contribution in [1.82, 2.24) is 10.2 Å². The van der Waals surface area contributed by atoms with Crippen LogP contribution in [0.15, 0.2) is 30.3 Å². The Hall–Kier alpha value is -1.95. The fraction of sp³-hybridized carbons (Fsp3) is 0.357. The summed E-state index contributed by atoms with van der Waals surface area (Å²) in [6.45, 7) is 4.47. The summed E-state index contributed by atoms with van der Waals surface area (Å²) in [6.07, 6.45) is 0.885. The van der Waals surface area contributed by atoms with Gasteiger partial charge in [0.1, 0.15) is 5.01 Å². The third kappa shape index (κ3) is 4.62. The first-order valence-corrected chi connectivity index (χ1v) is 7.36. The van der Waals surface area contributed by atoms with Gasteiger partial charge in [-0.1, -0.05) is 43.4 Å². The summed E-state index contributed by atoms with van der Waals surface area (Å²) in [6, 6.07) is 9.60. The summed E-state index contributed by atoms with van der Waals surface area (Å²) in [4.78, 5) is 11.8. The van der Waals surface area contributed by atoms with Gasteiger partial charge in [0.05, 0.1) is 6.54 Å². The van der Waals surface area contributed by atoms with Gasteiger partial charge in [-0.25, -0.2) is 0 Å². The lowest BCUT2D eigenvalue weighted by Crippen LogP contribution is -2.21. The van der Waals surface area contributed by atoms with Gasteiger partial charge in [-0.2, -0.15) is 0 Å². The molecule has 1 heterocycles. The Kier molecular flexibility index (Phi) is 5.06. The first-order valence-electron chi connectivity index (χ1n) is 6.54. The van der Waals surface area contributed by atoms with Gasteiger partial charge < -0.3 is 5.32 Å². The van der Waals surface area contributed by atoms with E-state index in [1.165, 1.54) is 11.3 Å². The Bertz CT molecular complexity index is 553. The second kappa shape index (κ2) is 7.00. The molecule has 0 aliphatic rings. The number of carbonyl (C=O) groups excluding carboxylic acids is 1. The zero-order valence-electron chi connectivity index (χ0n) is 11.6. The molecule has 6 heteroatoms. The Morgan fingerprint density at radius 2 is 2.00 bits per heavy atom. The van der Waals surface area contributed by atoms with E-state index in [1.807, 2.05) is 30.3 Å². The lowest BCUT2D eigenvalue weighted by molar-refractivity contribution is -0.114. The molecule has 1 aromatic heterocycles. The average Bonchev–Trinajstić information content (AvgIpc) is 2.84. The van der Waals surface area contributed by atoms with E-state index in [9.17, 15) is 4.79 Å². The van der Waals surface area contributed by atoms with Gasteiger partial charge in [0.2, 0.25) is 11.0 Å². The number of para-hydroxylation sites is 1. The van der Waals surface area contributed by atoms with Crippen molar-refractivity contribution in [3.63, 3.8) is 0 Å². The number of aromatic nitrogens is 2. The number of nitrogens with one attached hydrogen (secondary N) is 2. The van der Waals surface area contributed by atoms with Gasteiger partial charge in [-0.15, -0.1) is 10.2 Å². The minimum Gasteiger partial charge on any atom is -0.376 e. The third-order valence-electron chi connectivity index (χ3n) is 2.52. The summed E-state index contributed by atoms with van der Waals surface area (Å²) in [5.41, 5.74) is 0.917. The predicted molar refractivity (Wildman–Crippen MR) is 82.0 cm³/mol. The molecule has 106 valence electrons. The van der Waals surface area contributed by atoms with Crippen LogP contribution in [0.3, 0.4) is 0 Å². The van der Waals surface area contributed by atoms with Crippen LogP contribution >= 0.6 is 11.3 Å². The fourth-order valence-electron chi connectivity index (χ4n) is 1.64. The van der Waals surface area contributed by atoms with Crippen molar-refractivity contribution in [2.24, 2.45) is 5.92 Å². The molecule has 1 aromatic carbocycles. The summed E-state index contributed by atoms with van der Waals surface area (Å²) in [5.74, 6) is 0.410. The molecular formula is C14H18N4OS. The van der Waals surface area contributed by atoms with Gasteiger partial charge in [0.25, 0.3) is 0 Å². The summed E-state index contributed by atoms with van der Waals surface area (Å²) in [7, 11) is 0. The van der Waals surface area contributed by atoms with Crippen LogP contribution < -0.4 is 10.6 Å². The van der Waals surface area contributed by atoms with Crippen molar-refractivity contribution in [3.8, 4) is 0 Å². The van der Waals surface area contributed by atoms with E-state index >= 15 is 0 Å². The zero-order chi connectivity index (χ0) is 14.4. The Morgan fingerprint density at radius 1 is 1.25 bits per heavy atom. The number of carbonyl (C=O) groups is 1. The van der Waals surface area contributed by atoms with Crippen molar-refractivity contribution >= 4 is 28.1 Å². The van der Waals surface area contributed by atoms with Crippen LogP contribution in [0.5, 0.6) is 0 Å². The maximum atomic E-state index is 11.8. The third-order valence-corrected chi connectivity index (χ3v) is 3.38. The van der Waals surface area contributed by atoms with Gasteiger partial charge in [0.15, 0.2) is 0 Å². The Balaban J connectivity index is 1.81. The molecule has 0 saturated carbocycles. The minimum absolute atomic E-state index is 0.124. The first-order chi connectivity index (χ1) is 9.63. The molecule has 0 radical (unpaired) electrons. The van der Waals surface area contributed by atoms with E-state index in [0.29, 0.717) is 11.0 Å². The van der Waals surface area contributed by atoms with E-state index in [1.54, 1.807) is 0 Å². The molecule has 0 unspecified atom stereocenters. The highest BCUT2D eigenvalue weighted by Crippen LogP contribution is 2.18. The topological polar surface area (TPSA) is 66.9 Å². The molecule has 5 nitrogen and oxygen atoms in total. The van der Waals surface area contributed by atoms with E-state index in [4.69, 9.17) is 0 Å². The maximum Gasteiger partial charge on any atom is 0.245 e. The standard InChI is InChI=1S/C14H18N4OS/c1-10(2)8-13-17-18-14(20-13)16-12(19)9-15-11-6-4-3-5-7-11/h3-7,10,15H,8-9H2,1-2H3,(H,16,18,19). The molecule has 0 aliphatic carbocycles. The number of nitrogens with zero attached hydrogens (tertiary/aromatic N) is 2. The van der Waals surface area contributed by atoms with E-state index in [2.05, 4.69) is 34.7 Å². The highest BCUT2D eigenvalue weighted by molar-refractivity contribution is 7.15. The van der Waals surface area contributed by atoms with Crippen molar-refractivity contribution in [3.05, 3.63) is 35.3 Å². The monoisotopic (exact) mass is 290 g/mol. The lowest BCUT2D eigenvalue weighted by atomic mass is 10.1. The molecule has 2 N–H and O–H groups in total. The molecule has 2 rings (SSSR count). The molecular weight excluding hydrogens is 272 g/mol. The molecule has 2 aromatic rings. The second-order valence-corrected chi connectivity index (χ2v) is 5.93. The number of hydrogen-bond donors (Lipinski definition) is 2. The molecule has 0 bridgehead atoms. The van der Waals surface area contributed by atoms with E-state index in [-0.39, 0.29) is 12.5 Å². The van der Waals surface area contributed by atoms with Crippen LogP contribution in [0.25, 0.3) is 0 Å². The van der Waals surface area contributed by atoms with Crippen LogP contribution in [0.2, 0.25) is 0 Å². The molecule has 0 fully saturated rings. The summed E-state index contributed by atoms with van der Waals surface area (Å²) < 4.78 is 0. The van der Waals surface area contributed by atoms with Crippen LogP contribution in [-0.2, 0) is 11.2 Å². The number of benzene rings is 1. The Morgan fingerprint density at radius 3 is 2.70 bits per heavy atom. The fourth-order valence-corrected chi connectivity index (χ4v) is 2.61. The molecule has 20 heavy (non-hydrogen) atoms. The second-order valence-electron chi connectivity index (χ2n) is 4.87. The van der Waals surface area contributed by atoms with Crippen molar-refractivity contribution < 1.29 is 4.79 Å². The van der Waals surface area contributed by atoms with Gasteiger partial charge >= 0.3 is 0 Å². The maximum absolute atomic E-state index is 11.8. The van der Waals surface area contributed by atoms with Gasteiger partial charge in [-0.05, 0) is 18.1 Å². The zero-order valence-corrected chi connectivity index (χ0v) is 12.4. The molecule has 0 saturated heterocycles. The normalized spacial score (nSPS) is 10.6. The quantitative estimate of drug-likeness (QED) is 0.858. The van der Waals surface area contributed by atoms with Crippen LogP contribution in [0, 0.1) is 5.92 Å². The first kappa shape index (κ1) is 14.5. The van der Waals surface area contributed by atoms with Crippen molar-refractivity contribution in [2.45, 2.75) is 20.3 Å². The van der Waals surface area contributed by atoms with Crippen LogP contribution in [0.4, 0.5) is 10.8 Å². The average molecular weight is 290 g/mol. The van der Waals surface area contributed by atoms with E-state index in [0.717, 1.165) is 17.1 Å². The Labute approximate surface area is 122 Å². The minimum atomic E-state index is -0.124. The van der Waals surface area contributed by atoms with Crippen molar-refractivity contribution in [2.75, 3.05) is 17.2 Å². The highest BCUT2D eigenvalue weighted by atomic mass is 32.1. The van der Waals surface area contributed by atoms with Crippen LogP contribution in [-0.4, -0.2) is 22.6 Å². The van der Waals surface area contributed by atoms with E-state index < -0.39 is 0 Å². The SMILES string of the molecule is CC(C)Cc1nnc(NC(=O)CNc2ccccc2)s1. The number of hydrogen-bond acceptors (Lipinski definition) is 5. The molecule has 0 spiro atoms. The summed E-state index contributed by atoms with van der Waals surface area (Å²) >= 11 is 1.43. The van der Waals surface area contributed by atoms with Gasteiger partial charge in [-0.3, -0.25) is 10.1 Å².